The highest BCUT2D eigenvalue weighted by Gasteiger charge is 2.04. The third-order valence-corrected chi connectivity index (χ3v) is 3.54. The van der Waals surface area contributed by atoms with Crippen molar-refractivity contribution < 1.29 is 0 Å². The summed E-state index contributed by atoms with van der Waals surface area (Å²) in [6.45, 7) is 11.5. The summed E-state index contributed by atoms with van der Waals surface area (Å²) in [6.07, 6.45) is 16.6. The fourth-order valence-corrected chi connectivity index (χ4v) is 2.16. The first-order chi connectivity index (χ1) is 9.28. The molecule has 1 heteroatoms. The van der Waals surface area contributed by atoms with Crippen molar-refractivity contribution in [1.29, 1.82) is 0 Å². The topological polar surface area (TPSA) is 3.24 Å². The van der Waals surface area contributed by atoms with Gasteiger partial charge in [0.15, 0.2) is 0 Å². The molecule has 0 aliphatic carbocycles. The predicted molar refractivity (Wildman–Crippen MR) is 87.2 cm³/mol. The third kappa shape index (κ3) is 11.1. The highest BCUT2D eigenvalue weighted by atomic mass is 15.1. The second kappa shape index (κ2) is 14.0. The van der Waals surface area contributed by atoms with Gasteiger partial charge in [0, 0.05) is 13.1 Å². The molecule has 0 atom stereocenters. The number of allylic oxidation sites excluding steroid dienone is 1. The van der Waals surface area contributed by atoms with Crippen molar-refractivity contribution in [2.75, 3.05) is 13.1 Å². The number of hydrogen-bond donors (Lipinski definition) is 0. The molecule has 19 heavy (non-hydrogen) atoms. The van der Waals surface area contributed by atoms with Gasteiger partial charge in [-0.05, 0) is 44.1 Å². The molecule has 113 valence electrons. The van der Waals surface area contributed by atoms with Crippen molar-refractivity contribution >= 4 is 0 Å². The van der Waals surface area contributed by atoms with E-state index in [0.717, 1.165) is 0 Å². The van der Waals surface area contributed by atoms with Gasteiger partial charge >= 0.3 is 0 Å². The van der Waals surface area contributed by atoms with E-state index in [0.29, 0.717) is 0 Å². The van der Waals surface area contributed by atoms with E-state index in [9.17, 15) is 0 Å². The Bertz CT molecular complexity index is 190. The second-order valence-electron chi connectivity index (χ2n) is 5.62. The molecular weight excluding hydrogens is 230 g/mol. The second-order valence-corrected chi connectivity index (χ2v) is 5.62. The Morgan fingerprint density at radius 3 is 1.47 bits per heavy atom. The van der Waals surface area contributed by atoms with Gasteiger partial charge in [0.05, 0.1) is 6.20 Å². The van der Waals surface area contributed by atoms with Crippen LogP contribution in [0.5, 0.6) is 0 Å². The Kier molecular flexibility index (Phi) is 13.6. The minimum atomic E-state index is 1.19. The van der Waals surface area contributed by atoms with Gasteiger partial charge in [0.25, 0.3) is 0 Å². The summed E-state index contributed by atoms with van der Waals surface area (Å²) >= 11 is 0. The van der Waals surface area contributed by atoms with E-state index in [1.54, 1.807) is 5.57 Å². The van der Waals surface area contributed by atoms with Crippen LogP contribution in [0.4, 0.5) is 0 Å². The number of hydrogen-bond acceptors (Lipinski definition) is 1. The molecule has 0 spiro atoms. The zero-order valence-electron chi connectivity index (χ0n) is 13.9. The molecule has 0 aromatic carbocycles. The molecule has 0 fully saturated rings. The summed E-state index contributed by atoms with van der Waals surface area (Å²) in [4.78, 5) is 2.47. The summed E-state index contributed by atoms with van der Waals surface area (Å²) in [5.41, 5.74) is 1.57. The number of rotatable bonds is 13. The normalized spacial score (nSPS) is 10.5. The molecule has 0 aliphatic rings. The molecule has 0 aromatic rings. The van der Waals surface area contributed by atoms with Crippen LogP contribution in [0.15, 0.2) is 5.57 Å². The van der Waals surface area contributed by atoms with Crippen molar-refractivity contribution in [1.82, 2.24) is 4.90 Å². The fraction of sp³-hybridized carbons (Fsp3) is 0.889. The first-order valence-electron chi connectivity index (χ1n) is 8.64. The van der Waals surface area contributed by atoms with Gasteiger partial charge < -0.3 is 4.90 Å². The van der Waals surface area contributed by atoms with Crippen LogP contribution < -0.4 is 0 Å². The minimum Gasteiger partial charge on any atom is -0.370 e. The van der Waals surface area contributed by atoms with E-state index in [1.165, 1.54) is 77.3 Å². The van der Waals surface area contributed by atoms with Crippen LogP contribution in [0.25, 0.3) is 0 Å². The summed E-state index contributed by atoms with van der Waals surface area (Å²) in [5.74, 6) is 0. The monoisotopic (exact) mass is 266 g/mol. The van der Waals surface area contributed by atoms with Crippen LogP contribution in [0.2, 0.25) is 0 Å². The predicted octanol–water partition coefficient (Wildman–Crippen LogP) is 5.96. The average molecular weight is 266 g/mol. The zero-order valence-corrected chi connectivity index (χ0v) is 13.9. The van der Waals surface area contributed by atoms with Crippen LogP contribution in [-0.2, 0) is 0 Å². The quantitative estimate of drug-likeness (QED) is 0.372. The van der Waals surface area contributed by atoms with Crippen molar-refractivity contribution in [2.45, 2.75) is 91.9 Å². The van der Waals surface area contributed by atoms with Crippen LogP contribution in [0.3, 0.4) is 0 Å². The molecule has 1 radical (unpaired) electrons. The maximum absolute atomic E-state index is 3.74. The van der Waals surface area contributed by atoms with E-state index in [2.05, 4.69) is 38.8 Å². The molecule has 0 N–H and O–H groups in total. The molecule has 0 aromatic heterocycles. The maximum Gasteiger partial charge on any atom is 0.0595 e. The maximum atomic E-state index is 3.74. The fourth-order valence-electron chi connectivity index (χ4n) is 2.16. The molecule has 1 nitrogen and oxygen atoms in total. The SMILES string of the molecule is CCCCC(=[C]N(CCCC)CCCC)CCCC. The van der Waals surface area contributed by atoms with E-state index in [1.807, 2.05) is 0 Å². The smallest absolute Gasteiger partial charge is 0.0595 e. The van der Waals surface area contributed by atoms with Crippen LogP contribution >= 0.6 is 0 Å². The Morgan fingerprint density at radius 2 is 1.11 bits per heavy atom. The summed E-state index contributed by atoms with van der Waals surface area (Å²) in [7, 11) is 0. The number of unbranched alkanes of at least 4 members (excludes halogenated alkanes) is 4. The molecular formula is C18H36N. The van der Waals surface area contributed by atoms with Crippen molar-refractivity contribution in [2.24, 2.45) is 0 Å². The lowest BCUT2D eigenvalue weighted by atomic mass is 10.0. The molecule has 0 aliphatic heterocycles. The molecule has 0 unspecified atom stereocenters. The van der Waals surface area contributed by atoms with Crippen molar-refractivity contribution in [3.8, 4) is 0 Å². The van der Waals surface area contributed by atoms with E-state index in [-0.39, 0.29) is 0 Å². The largest absolute Gasteiger partial charge is 0.370 e. The lowest BCUT2D eigenvalue weighted by molar-refractivity contribution is 0.339. The highest BCUT2D eigenvalue weighted by Crippen LogP contribution is 2.16. The third-order valence-electron chi connectivity index (χ3n) is 3.54. The molecule has 0 amide bonds. The molecule has 0 bridgehead atoms. The summed E-state index contributed by atoms with van der Waals surface area (Å²) < 4.78 is 0. The Morgan fingerprint density at radius 1 is 0.684 bits per heavy atom. The van der Waals surface area contributed by atoms with E-state index >= 15 is 0 Å². The zero-order chi connectivity index (χ0) is 14.3. The van der Waals surface area contributed by atoms with Crippen LogP contribution in [0.1, 0.15) is 91.9 Å². The molecule has 0 rings (SSSR count). The van der Waals surface area contributed by atoms with Gasteiger partial charge in [-0.25, -0.2) is 0 Å². The van der Waals surface area contributed by atoms with Crippen LogP contribution in [-0.4, -0.2) is 18.0 Å². The Balaban J connectivity index is 4.44. The standard InChI is InChI=1S/C18H36N/c1-5-9-13-18(14-10-6-2)17-19(15-11-7-3)16-12-8-4/h5-16H2,1-4H3. The minimum absolute atomic E-state index is 1.19. The van der Waals surface area contributed by atoms with Gasteiger partial charge in [-0.2, -0.15) is 0 Å². The first kappa shape index (κ1) is 18.5. The van der Waals surface area contributed by atoms with Gasteiger partial charge in [-0.1, -0.05) is 53.4 Å². The highest BCUT2D eigenvalue weighted by molar-refractivity contribution is 4.96. The van der Waals surface area contributed by atoms with Crippen molar-refractivity contribution in [3.05, 3.63) is 11.8 Å². The van der Waals surface area contributed by atoms with Gasteiger partial charge in [-0.3, -0.25) is 0 Å². The van der Waals surface area contributed by atoms with Crippen LogP contribution in [0, 0.1) is 6.20 Å². The average Bonchev–Trinajstić information content (AvgIpc) is 2.44. The summed E-state index contributed by atoms with van der Waals surface area (Å²) in [5, 5.41) is 0. The Hall–Kier alpha value is -0.460. The van der Waals surface area contributed by atoms with Gasteiger partial charge in [0.2, 0.25) is 0 Å². The lowest BCUT2D eigenvalue weighted by Gasteiger charge is -2.21. The molecule has 0 saturated heterocycles. The number of nitrogens with zero attached hydrogens (tertiary/aromatic N) is 1. The van der Waals surface area contributed by atoms with Crippen molar-refractivity contribution in [3.63, 3.8) is 0 Å². The molecule has 0 saturated carbocycles. The van der Waals surface area contributed by atoms with Gasteiger partial charge in [-0.15, -0.1) is 0 Å². The lowest BCUT2D eigenvalue weighted by Crippen LogP contribution is -2.21. The first-order valence-corrected chi connectivity index (χ1v) is 8.64. The van der Waals surface area contributed by atoms with Gasteiger partial charge in [0.1, 0.15) is 0 Å². The Labute approximate surface area is 122 Å². The summed E-state index contributed by atoms with van der Waals surface area (Å²) in [6, 6.07) is 0. The molecule has 0 heterocycles. The van der Waals surface area contributed by atoms with E-state index < -0.39 is 0 Å². The van der Waals surface area contributed by atoms with E-state index in [4.69, 9.17) is 0 Å².